The molecule has 16 heavy (non-hydrogen) atoms. The van der Waals surface area contributed by atoms with E-state index >= 15 is 0 Å². The van der Waals surface area contributed by atoms with Crippen molar-refractivity contribution in [3.05, 3.63) is 0 Å². The first-order valence-corrected chi connectivity index (χ1v) is 5.59. The first kappa shape index (κ1) is 13.7. The number of alkyl halides is 3. The van der Waals surface area contributed by atoms with Crippen molar-refractivity contribution in [2.24, 2.45) is 11.7 Å². The molecule has 0 saturated heterocycles. The number of nitrogens with zero attached hydrogens (tertiary/aromatic N) is 1. The van der Waals surface area contributed by atoms with Crippen LogP contribution in [0.3, 0.4) is 0 Å². The van der Waals surface area contributed by atoms with E-state index in [4.69, 9.17) is 10.8 Å². The lowest BCUT2D eigenvalue weighted by atomic mass is 10.0. The maximum Gasteiger partial charge on any atom is 0.401 e. The van der Waals surface area contributed by atoms with Gasteiger partial charge in [0, 0.05) is 12.6 Å². The second kappa shape index (κ2) is 5.84. The van der Waals surface area contributed by atoms with Gasteiger partial charge in [0.25, 0.3) is 0 Å². The van der Waals surface area contributed by atoms with Gasteiger partial charge in [-0.2, -0.15) is 13.2 Å². The molecule has 6 heteroatoms. The van der Waals surface area contributed by atoms with Gasteiger partial charge < -0.3 is 10.8 Å². The molecule has 0 aromatic heterocycles. The summed E-state index contributed by atoms with van der Waals surface area (Å²) in [6.07, 6.45) is -1.65. The second-order valence-electron chi connectivity index (χ2n) is 4.30. The molecular weight excluding hydrogens is 221 g/mol. The Morgan fingerprint density at radius 2 is 2.00 bits per heavy atom. The zero-order chi connectivity index (χ0) is 12.2. The molecule has 1 rings (SSSR count). The minimum absolute atomic E-state index is 0.0701. The SMILES string of the molecule is NCC1CCCC1N(CCO)CC(F)(F)F. The molecule has 0 aromatic carbocycles. The van der Waals surface area contributed by atoms with Crippen LogP contribution in [0.1, 0.15) is 19.3 Å². The van der Waals surface area contributed by atoms with Gasteiger partial charge in [0.2, 0.25) is 0 Å². The average Bonchev–Trinajstić information content (AvgIpc) is 2.62. The molecule has 1 aliphatic carbocycles. The molecule has 0 spiro atoms. The molecular formula is C10H19F3N2O. The largest absolute Gasteiger partial charge is 0.401 e. The summed E-state index contributed by atoms with van der Waals surface area (Å²) in [5.41, 5.74) is 5.55. The van der Waals surface area contributed by atoms with Crippen LogP contribution in [0.5, 0.6) is 0 Å². The van der Waals surface area contributed by atoms with Gasteiger partial charge in [0.05, 0.1) is 13.2 Å². The van der Waals surface area contributed by atoms with Gasteiger partial charge in [0.1, 0.15) is 0 Å². The molecule has 2 unspecified atom stereocenters. The van der Waals surface area contributed by atoms with Crippen LogP contribution in [0.15, 0.2) is 0 Å². The third kappa shape index (κ3) is 3.92. The summed E-state index contributed by atoms with van der Waals surface area (Å²) >= 11 is 0. The van der Waals surface area contributed by atoms with Crippen LogP contribution in [0.4, 0.5) is 13.2 Å². The summed E-state index contributed by atoms with van der Waals surface area (Å²) in [5.74, 6) is 0.133. The van der Waals surface area contributed by atoms with E-state index in [1.165, 1.54) is 4.90 Å². The van der Waals surface area contributed by atoms with E-state index in [2.05, 4.69) is 0 Å². The Labute approximate surface area is 93.4 Å². The Kier molecular flexibility index (Phi) is 5.01. The molecule has 3 nitrogen and oxygen atoms in total. The number of hydrogen-bond acceptors (Lipinski definition) is 3. The maximum atomic E-state index is 12.4. The maximum absolute atomic E-state index is 12.4. The van der Waals surface area contributed by atoms with Crippen molar-refractivity contribution in [3.8, 4) is 0 Å². The molecule has 1 fully saturated rings. The van der Waals surface area contributed by atoms with Crippen LogP contribution in [-0.4, -0.2) is 48.5 Å². The molecule has 2 atom stereocenters. The van der Waals surface area contributed by atoms with Gasteiger partial charge in [0.15, 0.2) is 0 Å². The summed E-state index contributed by atoms with van der Waals surface area (Å²) in [7, 11) is 0. The Balaban J connectivity index is 2.61. The summed E-state index contributed by atoms with van der Waals surface area (Å²) < 4.78 is 37.1. The van der Waals surface area contributed by atoms with Gasteiger partial charge >= 0.3 is 6.18 Å². The van der Waals surface area contributed by atoms with Gasteiger partial charge in [-0.05, 0) is 25.3 Å². The van der Waals surface area contributed by atoms with Crippen LogP contribution < -0.4 is 5.73 Å². The Hall–Kier alpha value is -0.330. The highest BCUT2D eigenvalue weighted by Gasteiger charge is 2.37. The number of aliphatic hydroxyl groups excluding tert-OH is 1. The van der Waals surface area contributed by atoms with E-state index in [0.717, 1.165) is 19.3 Å². The zero-order valence-corrected chi connectivity index (χ0v) is 9.21. The molecule has 3 N–H and O–H groups in total. The van der Waals surface area contributed by atoms with Gasteiger partial charge in [-0.3, -0.25) is 4.90 Å². The van der Waals surface area contributed by atoms with Crippen molar-refractivity contribution in [2.75, 3.05) is 26.2 Å². The molecule has 0 heterocycles. The molecule has 96 valence electrons. The van der Waals surface area contributed by atoms with Crippen LogP contribution in [0.2, 0.25) is 0 Å². The summed E-state index contributed by atoms with van der Waals surface area (Å²) in [4.78, 5) is 1.32. The topological polar surface area (TPSA) is 49.5 Å². The van der Waals surface area contributed by atoms with E-state index in [1.54, 1.807) is 0 Å². The van der Waals surface area contributed by atoms with Crippen molar-refractivity contribution in [2.45, 2.75) is 31.5 Å². The minimum atomic E-state index is -4.21. The monoisotopic (exact) mass is 240 g/mol. The quantitative estimate of drug-likeness (QED) is 0.753. The molecule has 1 saturated carbocycles. The fraction of sp³-hybridized carbons (Fsp3) is 1.00. The molecule has 0 radical (unpaired) electrons. The highest BCUT2D eigenvalue weighted by Crippen LogP contribution is 2.31. The number of hydrogen-bond donors (Lipinski definition) is 2. The minimum Gasteiger partial charge on any atom is -0.395 e. The lowest BCUT2D eigenvalue weighted by molar-refractivity contribution is -0.153. The average molecular weight is 240 g/mol. The fourth-order valence-corrected chi connectivity index (χ4v) is 2.49. The van der Waals surface area contributed by atoms with Crippen LogP contribution in [0, 0.1) is 5.92 Å². The third-order valence-corrected chi connectivity index (χ3v) is 3.16. The summed E-state index contributed by atoms with van der Waals surface area (Å²) in [5, 5.41) is 8.81. The highest BCUT2D eigenvalue weighted by atomic mass is 19.4. The molecule has 0 amide bonds. The number of nitrogens with two attached hydrogens (primary N) is 1. The Bertz CT molecular complexity index is 211. The lowest BCUT2D eigenvalue weighted by Crippen LogP contribution is -2.46. The smallest absolute Gasteiger partial charge is 0.395 e. The molecule has 1 aliphatic rings. The number of rotatable bonds is 5. The van der Waals surface area contributed by atoms with Crippen LogP contribution >= 0.6 is 0 Å². The zero-order valence-electron chi connectivity index (χ0n) is 9.21. The predicted molar refractivity (Wildman–Crippen MR) is 54.9 cm³/mol. The Morgan fingerprint density at radius 1 is 1.31 bits per heavy atom. The van der Waals surface area contributed by atoms with E-state index in [-0.39, 0.29) is 25.1 Å². The Morgan fingerprint density at radius 3 is 2.50 bits per heavy atom. The number of aliphatic hydroxyl groups is 1. The van der Waals surface area contributed by atoms with Crippen molar-refractivity contribution in [1.29, 1.82) is 0 Å². The lowest BCUT2D eigenvalue weighted by Gasteiger charge is -2.32. The van der Waals surface area contributed by atoms with Crippen molar-refractivity contribution >= 4 is 0 Å². The number of halogens is 3. The fourth-order valence-electron chi connectivity index (χ4n) is 2.49. The van der Waals surface area contributed by atoms with Crippen molar-refractivity contribution < 1.29 is 18.3 Å². The summed E-state index contributed by atoms with van der Waals surface area (Å²) in [6.45, 7) is -0.705. The first-order valence-electron chi connectivity index (χ1n) is 5.59. The van der Waals surface area contributed by atoms with Crippen molar-refractivity contribution in [3.63, 3.8) is 0 Å². The van der Waals surface area contributed by atoms with E-state index in [0.29, 0.717) is 6.54 Å². The van der Waals surface area contributed by atoms with Gasteiger partial charge in [-0.25, -0.2) is 0 Å². The van der Waals surface area contributed by atoms with Crippen molar-refractivity contribution in [1.82, 2.24) is 4.90 Å². The molecule has 0 bridgehead atoms. The highest BCUT2D eigenvalue weighted by molar-refractivity contribution is 4.86. The molecule has 0 aromatic rings. The summed E-state index contributed by atoms with van der Waals surface area (Å²) in [6, 6.07) is -0.126. The normalized spacial score (nSPS) is 26.6. The van der Waals surface area contributed by atoms with E-state index in [1.807, 2.05) is 0 Å². The second-order valence-corrected chi connectivity index (χ2v) is 4.30. The van der Waals surface area contributed by atoms with Gasteiger partial charge in [-0.1, -0.05) is 6.42 Å². The standard InChI is InChI=1S/C10H19F3N2O/c11-10(12,13)7-15(4-5-16)9-3-1-2-8(9)6-14/h8-9,16H,1-7,14H2. The third-order valence-electron chi connectivity index (χ3n) is 3.16. The van der Waals surface area contributed by atoms with E-state index in [9.17, 15) is 13.2 Å². The first-order chi connectivity index (χ1) is 7.48. The predicted octanol–water partition coefficient (Wildman–Crippen LogP) is 0.970. The van der Waals surface area contributed by atoms with E-state index < -0.39 is 12.7 Å². The van der Waals surface area contributed by atoms with Gasteiger partial charge in [-0.15, -0.1) is 0 Å². The van der Waals surface area contributed by atoms with Crippen LogP contribution in [0.25, 0.3) is 0 Å². The van der Waals surface area contributed by atoms with Crippen LogP contribution in [-0.2, 0) is 0 Å². The molecule has 0 aliphatic heterocycles.